The standard InChI is InChI=1S/C22H24N4O3S2/c1-13(21(29)24-17-7-5-15(6-8-17)20(23)28)31-22(30)25-10-14-9-16(12-25)18-3-2-4-19(27)26(18)11-14/h2-8,13-14,16H,9-12H2,1H3,(H2,23,28)(H,24,29)/t13-,14-,16-/m0/s1. The summed E-state index contributed by atoms with van der Waals surface area (Å²) in [5.74, 6) is -0.0233. The maximum absolute atomic E-state index is 12.6. The molecule has 9 heteroatoms. The van der Waals surface area contributed by atoms with Crippen LogP contribution in [0.25, 0.3) is 0 Å². The van der Waals surface area contributed by atoms with Crippen molar-refractivity contribution < 1.29 is 9.59 Å². The highest BCUT2D eigenvalue weighted by Gasteiger charge is 2.35. The minimum absolute atomic E-state index is 0.0618. The van der Waals surface area contributed by atoms with Gasteiger partial charge < -0.3 is 20.5 Å². The summed E-state index contributed by atoms with van der Waals surface area (Å²) < 4.78 is 2.60. The fourth-order valence-corrected chi connectivity index (χ4v) is 5.64. The summed E-state index contributed by atoms with van der Waals surface area (Å²) in [6.45, 7) is 4.09. The van der Waals surface area contributed by atoms with Crippen LogP contribution in [0.4, 0.5) is 5.69 Å². The summed E-state index contributed by atoms with van der Waals surface area (Å²) in [7, 11) is 0. The Morgan fingerprint density at radius 3 is 2.61 bits per heavy atom. The Labute approximate surface area is 190 Å². The van der Waals surface area contributed by atoms with Crippen LogP contribution in [0.2, 0.25) is 0 Å². The molecule has 2 aliphatic rings. The van der Waals surface area contributed by atoms with Gasteiger partial charge in [-0.25, -0.2) is 0 Å². The number of anilines is 1. The van der Waals surface area contributed by atoms with Crippen molar-refractivity contribution in [1.29, 1.82) is 0 Å². The smallest absolute Gasteiger partial charge is 0.250 e. The topological polar surface area (TPSA) is 97.4 Å². The van der Waals surface area contributed by atoms with E-state index in [-0.39, 0.29) is 22.6 Å². The van der Waals surface area contributed by atoms with Crippen LogP contribution >= 0.6 is 24.0 Å². The average molecular weight is 457 g/mol. The molecule has 0 saturated carbocycles. The summed E-state index contributed by atoms with van der Waals surface area (Å²) in [5.41, 5.74) is 7.37. The molecule has 0 aliphatic carbocycles. The number of amides is 2. The first kappa shape index (κ1) is 21.6. The van der Waals surface area contributed by atoms with E-state index in [0.717, 1.165) is 25.2 Å². The third-order valence-electron chi connectivity index (χ3n) is 5.82. The van der Waals surface area contributed by atoms with Crippen molar-refractivity contribution in [3.8, 4) is 0 Å². The first-order valence-electron chi connectivity index (χ1n) is 10.2. The minimum atomic E-state index is -0.508. The number of nitrogens with two attached hydrogens (primary N) is 1. The number of thiocarbonyl (C=S) groups is 1. The molecule has 162 valence electrons. The zero-order valence-electron chi connectivity index (χ0n) is 17.1. The van der Waals surface area contributed by atoms with Crippen LogP contribution in [0.1, 0.15) is 35.3 Å². The number of nitrogens with zero attached hydrogens (tertiary/aromatic N) is 2. The summed E-state index contributed by atoms with van der Waals surface area (Å²) in [6.07, 6.45) is 1.06. The van der Waals surface area contributed by atoms with Gasteiger partial charge in [-0.1, -0.05) is 30.0 Å². The largest absolute Gasteiger partial charge is 0.366 e. The van der Waals surface area contributed by atoms with Crippen molar-refractivity contribution in [2.24, 2.45) is 11.7 Å². The second kappa shape index (κ2) is 8.84. The molecule has 0 spiro atoms. The van der Waals surface area contributed by atoms with Crippen molar-refractivity contribution in [2.45, 2.75) is 31.1 Å². The quantitative estimate of drug-likeness (QED) is 0.686. The first-order chi connectivity index (χ1) is 14.8. The number of thioether (sulfide) groups is 1. The van der Waals surface area contributed by atoms with Gasteiger partial charge >= 0.3 is 0 Å². The summed E-state index contributed by atoms with van der Waals surface area (Å²) in [4.78, 5) is 38.1. The summed E-state index contributed by atoms with van der Waals surface area (Å²) in [5, 5.41) is 2.47. The second-order valence-electron chi connectivity index (χ2n) is 8.06. The number of benzene rings is 1. The van der Waals surface area contributed by atoms with Gasteiger partial charge in [-0.3, -0.25) is 14.4 Å². The molecule has 1 aromatic heterocycles. The van der Waals surface area contributed by atoms with E-state index in [9.17, 15) is 14.4 Å². The third kappa shape index (κ3) is 4.67. The second-order valence-corrected chi connectivity index (χ2v) is 10.0. The number of nitrogens with one attached hydrogen (secondary N) is 1. The zero-order valence-corrected chi connectivity index (χ0v) is 18.7. The Morgan fingerprint density at radius 2 is 1.90 bits per heavy atom. The number of aromatic nitrogens is 1. The number of fused-ring (bicyclic) bond motifs is 4. The fraction of sp³-hybridized carbons (Fsp3) is 0.364. The molecule has 1 aromatic carbocycles. The van der Waals surface area contributed by atoms with Crippen molar-refractivity contribution in [3.05, 3.63) is 64.1 Å². The molecule has 2 amide bonds. The Kier molecular flexibility index (Phi) is 6.15. The summed E-state index contributed by atoms with van der Waals surface area (Å²) in [6, 6.07) is 11.9. The fourth-order valence-electron chi connectivity index (χ4n) is 4.29. The van der Waals surface area contributed by atoms with Gasteiger partial charge in [0.15, 0.2) is 0 Å². The molecule has 4 rings (SSSR count). The number of pyridine rings is 1. The predicted octanol–water partition coefficient (Wildman–Crippen LogP) is 2.41. The number of rotatable bonds is 4. The lowest BCUT2D eigenvalue weighted by molar-refractivity contribution is -0.115. The number of likely N-dealkylation sites (tertiary alicyclic amines) is 1. The van der Waals surface area contributed by atoms with Crippen LogP contribution < -0.4 is 16.6 Å². The van der Waals surface area contributed by atoms with Gasteiger partial charge in [0.05, 0.1) is 5.25 Å². The zero-order chi connectivity index (χ0) is 22.1. The minimum Gasteiger partial charge on any atom is -0.366 e. The van der Waals surface area contributed by atoms with Crippen molar-refractivity contribution in [1.82, 2.24) is 9.47 Å². The molecular formula is C22H24N4O3S2. The van der Waals surface area contributed by atoms with E-state index in [1.165, 1.54) is 11.8 Å². The molecule has 31 heavy (non-hydrogen) atoms. The van der Waals surface area contributed by atoms with Gasteiger partial charge in [-0.05, 0) is 49.6 Å². The molecule has 3 atom stereocenters. The highest BCUT2D eigenvalue weighted by Crippen LogP contribution is 2.36. The molecule has 2 aromatic rings. The van der Waals surface area contributed by atoms with E-state index >= 15 is 0 Å². The number of primary amides is 1. The normalized spacial score (nSPS) is 20.5. The van der Waals surface area contributed by atoms with E-state index in [1.54, 1.807) is 30.3 Å². The molecule has 0 radical (unpaired) electrons. The highest BCUT2D eigenvalue weighted by atomic mass is 32.2. The van der Waals surface area contributed by atoms with Crippen LogP contribution in [-0.4, -0.2) is 43.9 Å². The van der Waals surface area contributed by atoms with E-state index in [4.69, 9.17) is 18.0 Å². The van der Waals surface area contributed by atoms with Gasteiger partial charge in [-0.15, -0.1) is 0 Å². The predicted molar refractivity (Wildman–Crippen MR) is 126 cm³/mol. The Morgan fingerprint density at radius 1 is 1.16 bits per heavy atom. The lowest BCUT2D eigenvalue weighted by Crippen LogP contribution is -2.48. The van der Waals surface area contributed by atoms with E-state index in [2.05, 4.69) is 10.2 Å². The molecule has 0 unspecified atom stereocenters. The number of carbonyl (C=O) groups is 2. The van der Waals surface area contributed by atoms with Crippen LogP contribution in [-0.2, 0) is 11.3 Å². The Bertz CT molecular complexity index is 1080. The van der Waals surface area contributed by atoms with Gasteiger partial charge in [0.25, 0.3) is 5.56 Å². The summed E-state index contributed by atoms with van der Waals surface area (Å²) >= 11 is 7.04. The molecule has 1 saturated heterocycles. The maximum atomic E-state index is 12.6. The van der Waals surface area contributed by atoms with Gasteiger partial charge in [0, 0.05) is 48.6 Å². The van der Waals surface area contributed by atoms with E-state index in [0.29, 0.717) is 28.0 Å². The lowest BCUT2D eigenvalue weighted by atomic mass is 9.83. The molecular weight excluding hydrogens is 432 g/mol. The Hall–Kier alpha value is -2.65. The number of piperidine rings is 1. The first-order valence-corrected chi connectivity index (χ1v) is 11.5. The monoisotopic (exact) mass is 456 g/mol. The molecule has 7 nitrogen and oxygen atoms in total. The van der Waals surface area contributed by atoms with Crippen LogP contribution in [0, 0.1) is 5.92 Å². The third-order valence-corrected chi connectivity index (χ3v) is 7.40. The van der Waals surface area contributed by atoms with Crippen molar-refractivity contribution in [3.63, 3.8) is 0 Å². The van der Waals surface area contributed by atoms with E-state index in [1.807, 2.05) is 23.6 Å². The lowest BCUT2D eigenvalue weighted by Gasteiger charge is -2.43. The molecule has 3 heterocycles. The van der Waals surface area contributed by atoms with Crippen molar-refractivity contribution in [2.75, 3.05) is 18.4 Å². The van der Waals surface area contributed by atoms with Crippen LogP contribution in [0.15, 0.2) is 47.3 Å². The van der Waals surface area contributed by atoms with E-state index < -0.39 is 5.91 Å². The SMILES string of the molecule is C[C@H](SC(=S)N1C[C@@H]2C[C@@H](C1)c1cccc(=O)n1C2)C(=O)Nc1ccc(C(N)=O)cc1. The maximum Gasteiger partial charge on any atom is 0.250 e. The van der Waals surface area contributed by atoms with Crippen molar-refractivity contribution >= 4 is 45.8 Å². The van der Waals surface area contributed by atoms with Gasteiger partial charge in [-0.2, -0.15) is 0 Å². The van der Waals surface area contributed by atoms with Crippen LogP contribution in [0.5, 0.6) is 0 Å². The van der Waals surface area contributed by atoms with Gasteiger partial charge in [0.2, 0.25) is 11.8 Å². The molecule has 1 fully saturated rings. The van der Waals surface area contributed by atoms with Crippen LogP contribution in [0.3, 0.4) is 0 Å². The van der Waals surface area contributed by atoms with Gasteiger partial charge in [0.1, 0.15) is 4.32 Å². The highest BCUT2D eigenvalue weighted by molar-refractivity contribution is 8.23. The number of hydrogen-bond acceptors (Lipinski definition) is 5. The molecule has 3 N–H and O–H groups in total. The number of hydrogen-bond donors (Lipinski definition) is 2. The Balaban J connectivity index is 1.36. The average Bonchev–Trinajstić information content (AvgIpc) is 2.74. The number of carbonyl (C=O) groups excluding carboxylic acids is 2. The molecule has 2 bridgehead atoms. The molecule has 2 aliphatic heterocycles.